The third-order valence-corrected chi connectivity index (χ3v) is 4.68. The average molecular weight is 324 g/mol. The van der Waals surface area contributed by atoms with E-state index in [1.165, 1.54) is 35.6 Å². The summed E-state index contributed by atoms with van der Waals surface area (Å²) in [5.74, 6) is 0.465. The standard InChI is InChI=1S/C21H25FN2/c1-4-24(3)14-23-21-10-15(2)18(13-20(21)17-8-9-17)11-16-6-5-7-19(22)12-16/h5-7,10,12-14,17H,4,8-9,11H2,1-3H3. The van der Waals surface area contributed by atoms with Crippen LogP contribution in [-0.4, -0.2) is 24.8 Å². The second-order valence-electron chi connectivity index (χ2n) is 6.74. The van der Waals surface area contributed by atoms with Crippen LogP contribution in [0.4, 0.5) is 10.1 Å². The van der Waals surface area contributed by atoms with E-state index in [9.17, 15) is 4.39 Å². The number of aliphatic imine (C=N–C) groups is 1. The van der Waals surface area contributed by atoms with Crippen LogP contribution in [0.15, 0.2) is 41.4 Å². The third-order valence-electron chi connectivity index (χ3n) is 4.68. The van der Waals surface area contributed by atoms with Crippen LogP contribution in [0.2, 0.25) is 0 Å². The number of halogens is 1. The molecular weight excluding hydrogens is 299 g/mol. The van der Waals surface area contributed by atoms with Crippen molar-refractivity contribution in [2.45, 2.75) is 39.0 Å². The van der Waals surface area contributed by atoms with Gasteiger partial charge in [-0.3, -0.25) is 0 Å². The van der Waals surface area contributed by atoms with Gasteiger partial charge in [0.25, 0.3) is 0 Å². The summed E-state index contributed by atoms with van der Waals surface area (Å²) >= 11 is 0. The van der Waals surface area contributed by atoms with Crippen molar-refractivity contribution in [3.63, 3.8) is 0 Å². The Bertz CT molecular complexity index is 747. The summed E-state index contributed by atoms with van der Waals surface area (Å²) < 4.78 is 13.4. The fourth-order valence-corrected chi connectivity index (χ4v) is 2.89. The molecule has 0 spiro atoms. The minimum Gasteiger partial charge on any atom is -0.366 e. The number of benzene rings is 2. The lowest BCUT2D eigenvalue weighted by atomic mass is 9.95. The Hall–Kier alpha value is -2.16. The molecule has 3 rings (SSSR count). The first-order valence-electron chi connectivity index (χ1n) is 8.69. The Labute approximate surface area is 144 Å². The van der Waals surface area contributed by atoms with Crippen LogP contribution in [0.25, 0.3) is 0 Å². The highest BCUT2D eigenvalue weighted by Gasteiger charge is 2.26. The average Bonchev–Trinajstić information content (AvgIpc) is 3.39. The number of hydrogen-bond donors (Lipinski definition) is 0. The Kier molecular flexibility index (Phi) is 4.98. The Morgan fingerprint density at radius 3 is 2.71 bits per heavy atom. The smallest absolute Gasteiger partial charge is 0.123 e. The number of nitrogens with zero attached hydrogens (tertiary/aromatic N) is 2. The summed E-state index contributed by atoms with van der Waals surface area (Å²) in [5.41, 5.74) is 5.92. The molecule has 0 aliphatic heterocycles. The van der Waals surface area contributed by atoms with Gasteiger partial charge in [-0.05, 0) is 79.5 Å². The van der Waals surface area contributed by atoms with Crippen LogP contribution in [0.3, 0.4) is 0 Å². The van der Waals surface area contributed by atoms with Crippen LogP contribution < -0.4 is 0 Å². The molecule has 126 valence electrons. The molecule has 0 atom stereocenters. The minimum atomic E-state index is -0.170. The molecule has 0 N–H and O–H groups in total. The summed E-state index contributed by atoms with van der Waals surface area (Å²) in [6.45, 7) is 5.17. The van der Waals surface area contributed by atoms with Gasteiger partial charge in [0.05, 0.1) is 12.0 Å². The summed E-state index contributed by atoms with van der Waals surface area (Å²) in [4.78, 5) is 6.78. The molecule has 24 heavy (non-hydrogen) atoms. The monoisotopic (exact) mass is 324 g/mol. The van der Waals surface area contributed by atoms with Crippen molar-refractivity contribution in [2.24, 2.45) is 4.99 Å². The molecule has 0 unspecified atom stereocenters. The number of aryl methyl sites for hydroxylation is 1. The third kappa shape index (κ3) is 4.02. The maximum absolute atomic E-state index is 13.4. The summed E-state index contributed by atoms with van der Waals surface area (Å²) in [7, 11) is 2.03. The van der Waals surface area contributed by atoms with E-state index in [4.69, 9.17) is 4.99 Å². The van der Waals surface area contributed by atoms with E-state index in [1.54, 1.807) is 12.1 Å². The maximum Gasteiger partial charge on any atom is 0.123 e. The zero-order valence-electron chi connectivity index (χ0n) is 14.7. The summed E-state index contributed by atoms with van der Waals surface area (Å²) in [6, 6.07) is 11.4. The number of rotatable bonds is 6. The first kappa shape index (κ1) is 16.7. The molecular formula is C21H25FN2. The van der Waals surface area contributed by atoms with Gasteiger partial charge in [-0.1, -0.05) is 18.2 Å². The van der Waals surface area contributed by atoms with Crippen LogP contribution in [0, 0.1) is 12.7 Å². The van der Waals surface area contributed by atoms with Gasteiger partial charge in [-0.15, -0.1) is 0 Å². The van der Waals surface area contributed by atoms with Crippen molar-refractivity contribution in [3.8, 4) is 0 Å². The molecule has 0 bridgehead atoms. The fraction of sp³-hybridized carbons (Fsp3) is 0.381. The second-order valence-corrected chi connectivity index (χ2v) is 6.74. The number of hydrogen-bond acceptors (Lipinski definition) is 1. The molecule has 2 aromatic rings. The van der Waals surface area contributed by atoms with E-state index >= 15 is 0 Å². The molecule has 2 aromatic carbocycles. The van der Waals surface area contributed by atoms with Gasteiger partial charge >= 0.3 is 0 Å². The topological polar surface area (TPSA) is 15.6 Å². The van der Waals surface area contributed by atoms with Crippen LogP contribution in [0.5, 0.6) is 0 Å². The lowest BCUT2D eigenvalue weighted by Crippen LogP contribution is -2.14. The van der Waals surface area contributed by atoms with Gasteiger partial charge in [-0.25, -0.2) is 9.38 Å². The van der Waals surface area contributed by atoms with Gasteiger partial charge in [0.2, 0.25) is 0 Å². The van der Waals surface area contributed by atoms with Crippen LogP contribution >= 0.6 is 0 Å². The molecule has 0 saturated heterocycles. The van der Waals surface area contributed by atoms with E-state index in [0.717, 1.165) is 24.2 Å². The molecule has 0 aromatic heterocycles. The van der Waals surface area contributed by atoms with Gasteiger partial charge in [-0.2, -0.15) is 0 Å². The molecule has 0 heterocycles. The Morgan fingerprint density at radius 1 is 1.25 bits per heavy atom. The van der Waals surface area contributed by atoms with Crippen molar-refractivity contribution < 1.29 is 4.39 Å². The predicted octanol–water partition coefficient (Wildman–Crippen LogP) is 5.21. The zero-order chi connectivity index (χ0) is 17.1. The lowest BCUT2D eigenvalue weighted by molar-refractivity contribution is 0.552. The van der Waals surface area contributed by atoms with Crippen molar-refractivity contribution in [3.05, 3.63) is 64.5 Å². The fourth-order valence-electron chi connectivity index (χ4n) is 2.89. The van der Waals surface area contributed by atoms with Crippen molar-refractivity contribution in [2.75, 3.05) is 13.6 Å². The maximum atomic E-state index is 13.4. The van der Waals surface area contributed by atoms with Crippen LogP contribution in [-0.2, 0) is 6.42 Å². The van der Waals surface area contributed by atoms with E-state index in [1.807, 2.05) is 19.5 Å². The molecule has 1 fully saturated rings. The van der Waals surface area contributed by atoms with Gasteiger partial charge in [0.15, 0.2) is 0 Å². The molecule has 1 aliphatic rings. The van der Waals surface area contributed by atoms with E-state index in [0.29, 0.717) is 5.92 Å². The minimum absolute atomic E-state index is 0.170. The van der Waals surface area contributed by atoms with Gasteiger partial charge in [0, 0.05) is 13.6 Å². The first-order valence-corrected chi connectivity index (χ1v) is 8.69. The van der Waals surface area contributed by atoms with Gasteiger partial charge in [0.1, 0.15) is 5.82 Å². The zero-order valence-corrected chi connectivity index (χ0v) is 14.7. The highest BCUT2D eigenvalue weighted by molar-refractivity contribution is 5.65. The Balaban J connectivity index is 1.91. The quantitative estimate of drug-likeness (QED) is 0.526. The lowest BCUT2D eigenvalue weighted by Gasteiger charge is -2.14. The second kappa shape index (κ2) is 7.16. The highest BCUT2D eigenvalue weighted by atomic mass is 19.1. The van der Waals surface area contributed by atoms with Crippen molar-refractivity contribution in [1.29, 1.82) is 0 Å². The molecule has 0 amide bonds. The first-order chi connectivity index (χ1) is 11.6. The normalized spacial score (nSPS) is 14.3. The van der Waals surface area contributed by atoms with E-state index < -0.39 is 0 Å². The molecule has 1 saturated carbocycles. The highest BCUT2D eigenvalue weighted by Crippen LogP contribution is 2.45. The molecule has 0 radical (unpaired) electrons. The van der Waals surface area contributed by atoms with Crippen LogP contribution in [0.1, 0.15) is 47.9 Å². The van der Waals surface area contributed by atoms with Crippen molar-refractivity contribution >= 4 is 12.0 Å². The SMILES string of the molecule is CCN(C)C=Nc1cc(C)c(Cc2cccc(F)c2)cc1C1CC1. The summed E-state index contributed by atoms with van der Waals surface area (Å²) in [5, 5.41) is 0. The molecule has 1 aliphatic carbocycles. The summed E-state index contributed by atoms with van der Waals surface area (Å²) in [6.07, 6.45) is 5.16. The predicted molar refractivity (Wildman–Crippen MR) is 98.8 cm³/mol. The molecule has 3 heteroatoms. The van der Waals surface area contributed by atoms with E-state index in [-0.39, 0.29) is 5.82 Å². The Morgan fingerprint density at radius 2 is 2.04 bits per heavy atom. The molecule has 2 nitrogen and oxygen atoms in total. The van der Waals surface area contributed by atoms with Crippen molar-refractivity contribution in [1.82, 2.24) is 4.90 Å². The van der Waals surface area contributed by atoms with Gasteiger partial charge < -0.3 is 4.90 Å². The van der Waals surface area contributed by atoms with E-state index in [2.05, 4.69) is 30.9 Å². The largest absolute Gasteiger partial charge is 0.366 e.